The zero-order valence-electron chi connectivity index (χ0n) is 13.1. The molecule has 2 rings (SSSR count). The molecule has 1 heterocycles. The molecule has 1 aliphatic rings. The van der Waals surface area contributed by atoms with Gasteiger partial charge in [0.1, 0.15) is 5.75 Å². The fourth-order valence-electron chi connectivity index (χ4n) is 3.17. The zero-order valence-corrected chi connectivity index (χ0v) is 13.1. The molecule has 0 radical (unpaired) electrons. The molecule has 0 saturated carbocycles. The Morgan fingerprint density at radius 2 is 2.15 bits per heavy atom. The minimum Gasteiger partial charge on any atom is -0.493 e. The summed E-state index contributed by atoms with van der Waals surface area (Å²) in [6, 6.07) is 8.74. The maximum absolute atomic E-state index is 5.92. The average molecular weight is 277 g/mol. The van der Waals surface area contributed by atoms with Crippen molar-refractivity contribution in [2.45, 2.75) is 51.2 Å². The van der Waals surface area contributed by atoms with Crippen LogP contribution in [0.4, 0.5) is 0 Å². The van der Waals surface area contributed by atoms with Gasteiger partial charge < -0.3 is 14.8 Å². The fourth-order valence-corrected chi connectivity index (χ4v) is 3.17. The maximum atomic E-state index is 5.92. The molecule has 0 fully saturated rings. The number of hydrogen-bond donors (Lipinski definition) is 1. The molecule has 1 aromatic carbocycles. The van der Waals surface area contributed by atoms with Gasteiger partial charge in [-0.2, -0.15) is 0 Å². The molecular formula is C17H27NO2. The largest absolute Gasteiger partial charge is 0.493 e. The molecule has 2 unspecified atom stereocenters. The summed E-state index contributed by atoms with van der Waals surface area (Å²) in [7, 11) is 2.02. The summed E-state index contributed by atoms with van der Waals surface area (Å²) < 4.78 is 11.7. The summed E-state index contributed by atoms with van der Waals surface area (Å²) in [6.07, 6.45) is 2.15. The van der Waals surface area contributed by atoms with Crippen LogP contribution in [0.3, 0.4) is 0 Å². The Morgan fingerprint density at radius 1 is 1.40 bits per heavy atom. The first-order chi connectivity index (χ1) is 9.58. The Morgan fingerprint density at radius 3 is 2.85 bits per heavy atom. The van der Waals surface area contributed by atoms with Crippen LogP contribution in [-0.4, -0.2) is 31.9 Å². The van der Waals surface area contributed by atoms with Crippen molar-refractivity contribution >= 4 is 0 Å². The van der Waals surface area contributed by atoms with E-state index >= 15 is 0 Å². The Hall–Kier alpha value is -1.06. The van der Waals surface area contributed by atoms with Crippen molar-refractivity contribution in [3.05, 3.63) is 29.8 Å². The molecule has 0 amide bonds. The van der Waals surface area contributed by atoms with E-state index in [1.54, 1.807) is 0 Å². The van der Waals surface area contributed by atoms with Crippen molar-refractivity contribution in [1.82, 2.24) is 5.32 Å². The van der Waals surface area contributed by atoms with E-state index in [9.17, 15) is 0 Å². The molecule has 1 aromatic rings. The third kappa shape index (κ3) is 3.33. The predicted octanol–water partition coefficient (Wildman–Crippen LogP) is 3.35. The first-order valence-electron chi connectivity index (χ1n) is 7.61. The van der Waals surface area contributed by atoms with Crippen molar-refractivity contribution in [3.8, 4) is 5.75 Å². The van der Waals surface area contributed by atoms with Gasteiger partial charge in [-0.3, -0.25) is 0 Å². The molecule has 1 N–H and O–H groups in total. The second kappa shape index (κ2) is 6.59. The molecule has 1 aliphatic heterocycles. The number of hydrogen-bond acceptors (Lipinski definition) is 3. The van der Waals surface area contributed by atoms with Crippen molar-refractivity contribution in [2.24, 2.45) is 0 Å². The van der Waals surface area contributed by atoms with Gasteiger partial charge >= 0.3 is 0 Å². The lowest BCUT2D eigenvalue weighted by atomic mass is 9.83. The second-order valence-electron chi connectivity index (χ2n) is 5.99. The minimum absolute atomic E-state index is 0.156. The molecule has 112 valence electrons. The predicted molar refractivity (Wildman–Crippen MR) is 82.5 cm³/mol. The van der Waals surface area contributed by atoms with Gasteiger partial charge in [0.25, 0.3) is 0 Å². The normalized spacial score (nSPS) is 20.1. The SMILES string of the molecule is CCOC(C)(C)C(CC1CCOc2ccccc21)NC. The second-order valence-corrected chi connectivity index (χ2v) is 5.99. The topological polar surface area (TPSA) is 30.5 Å². The van der Waals surface area contributed by atoms with E-state index in [0.29, 0.717) is 12.0 Å². The highest BCUT2D eigenvalue weighted by Crippen LogP contribution is 2.37. The lowest BCUT2D eigenvalue weighted by Crippen LogP contribution is -2.48. The Kier molecular flexibility index (Phi) is 5.06. The van der Waals surface area contributed by atoms with Crippen LogP contribution in [0.25, 0.3) is 0 Å². The van der Waals surface area contributed by atoms with E-state index in [1.165, 1.54) is 5.56 Å². The van der Waals surface area contributed by atoms with Crippen molar-refractivity contribution in [1.29, 1.82) is 0 Å². The Bertz CT molecular complexity index is 431. The van der Waals surface area contributed by atoms with Crippen LogP contribution in [0, 0.1) is 0 Å². The van der Waals surface area contributed by atoms with E-state index in [2.05, 4.69) is 44.3 Å². The van der Waals surface area contributed by atoms with Crippen LogP contribution >= 0.6 is 0 Å². The number of likely N-dealkylation sites (N-methyl/N-ethyl adjacent to an activating group) is 1. The van der Waals surface area contributed by atoms with Gasteiger partial charge in [-0.15, -0.1) is 0 Å². The summed E-state index contributed by atoms with van der Waals surface area (Å²) in [4.78, 5) is 0. The van der Waals surface area contributed by atoms with Crippen molar-refractivity contribution < 1.29 is 9.47 Å². The Labute approximate surface area is 122 Å². The molecule has 0 bridgehead atoms. The molecule has 0 aromatic heterocycles. The lowest BCUT2D eigenvalue weighted by Gasteiger charge is -2.37. The molecule has 20 heavy (non-hydrogen) atoms. The third-order valence-electron chi connectivity index (χ3n) is 4.31. The van der Waals surface area contributed by atoms with Crippen LogP contribution in [-0.2, 0) is 4.74 Å². The number of nitrogens with one attached hydrogen (secondary N) is 1. The van der Waals surface area contributed by atoms with Gasteiger partial charge in [-0.25, -0.2) is 0 Å². The number of fused-ring (bicyclic) bond motifs is 1. The van der Waals surface area contributed by atoms with E-state index in [4.69, 9.17) is 9.47 Å². The van der Waals surface area contributed by atoms with E-state index in [1.807, 2.05) is 13.1 Å². The third-order valence-corrected chi connectivity index (χ3v) is 4.31. The first-order valence-corrected chi connectivity index (χ1v) is 7.61. The fraction of sp³-hybridized carbons (Fsp3) is 0.647. The number of para-hydroxylation sites is 1. The van der Waals surface area contributed by atoms with Gasteiger partial charge in [0, 0.05) is 12.6 Å². The molecule has 0 saturated heterocycles. The molecule has 2 atom stereocenters. The monoisotopic (exact) mass is 277 g/mol. The molecule has 0 spiro atoms. The summed E-state index contributed by atoms with van der Waals surface area (Å²) in [5.74, 6) is 1.59. The van der Waals surface area contributed by atoms with Crippen LogP contribution in [0.2, 0.25) is 0 Å². The van der Waals surface area contributed by atoms with E-state index < -0.39 is 0 Å². The average Bonchev–Trinajstić information content (AvgIpc) is 2.44. The summed E-state index contributed by atoms with van der Waals surface area (Å²) >= 11 is 0. The zero-order chi connectivity index (χ0) is 14.6. The standard InChI is InChI=1S/C17H27NO2/c1-5-20-17(2,3)16(18-4)12-13-10-11-19-15-9-7-6-8-14(13)15/h6-9,13,16,18H,5,10-12H2,1-4H3. The maximum Gasteiger partial charge on any atom is 0.122 e. The van der Waals surface area contributed by atoms with E-state index in [-0.39, 0.29) is 5.60 Å². The molecule has 3 nitrogen and oxygen atoms in total. The highest BCUT2D eigenvalue weighted by molar-refractivity contribution is 5.37. The highest BCUT2D eigenvalue weighted by atomic mass is 16.5. The van der Waals surface area contributed by atoms with Gasteiger partial charge in [-0.1, -0.05) is 18.2 Å². The number of benzene rings is 1. The molecular weight excluding hydrogens is 250 g/mol. The minimum atomic E-state index is -0.156. The molecule has 3 heteroatoms. The quantitative estimate of drug-likeness (QED) is 0.865. The van der Waals surface area contributed by atoms with Gasteiger partial charge in [0.15, 0.2) is 0 Å². The smallest absolute Gasteiger partial charge is 0.122 e. The number of rotatable bonds is 6. The summed E-state index contributed by atoms with van der Waals surface area (Å²) in [5, 5.41) is 3.44. The molecule has 0 aliphatic carbocycles. The Balaban J connectivity index is 2.13. The van der Waals surface area contributed by atoms with Gasteiger partial charge in [0.2, 0.25) is 0 Å². The van der Waals surface area contributed by atoms with Gasteiger partial charge in [0.05, 0.1) is 12.2 Å². The van der Waals surface area contributed by atoms with Crippen LogP contribution in [0.5, 0.6) is 5.75 Å². The van der Waals surface area contributed by atoms with E-state index in [0.717, 1.165) is 31.8 Å². The summed E-state index contributed by atoms with van der Waals surface area (Å²) in [6.45, 7) is 7.95. The first kappa shape index (κ1) is 15.3. The van der Waals surface area contributed by atoms with Crippen LogP contribution in [0.15, 0.2) is 24.3 Å². The lowest BCUT2D eigenvalue weighted by molar-refractivity contribution is -0.0405. The van der Waals surface area contributed by atoms with Crippen LogP contribution in [0.1, 0.15) is 45.1 Å². The van der Waals surface area contributed by atoms with Crippen LogP contribution < -0.4 is 10.1 Å². The van der Waals surface area contributed by atoms with Crippen molar-refractivity contribution in [3.63, 3.8) is 0 Å². The highest BCUT2D eigenvalue weighted by Gasteiger charge is 2.33. The van der Waals surface area contributed by atoms with Crippen molar-refractivity contribution in [2.75, 3.05) is 20.3 Å². The summed E-state index contributed by atoms with van der Waals surface area (Å²) in [5.41, 5.74) is 1.18. The number of ether oxygens (including phenoxy) is 2. The van der Waals surface area contributed by atoms with Gasteiger partial charge in [-0.05, 0) is 58.2 Å².